The molecule has 2 N–H and O–H groups in total. The van der Waals surface area contributed by atoms with E-state index in [2.05, 4.69) is 0 Å². The van der Waals surface area contributed by atoms with Gasteiger partial charge in [0, 0.05) is 15.1 Å². The first kappa shape index (κ1) is 13.7. The number of nitrogens with two attached hydrogens (primary N) is 1. The van der Waals surface area contributed by atoms with Crippen LogP contribution < -0.4 is 5.73 Å². The van der Waals surface area contributed by atoms with Crippen molar-refractivity contribution in [3.05, 3.63) is 68.2 Å². The number of aryl methyl sites for hydroxylation is 1. The van der Waals surface area contributed by atoms with Crippen LogP contribution in [0.3, 0.4) is 0 Å². The van der Waals surface area contributed by atoms with E-state index in [1.807, 2.05) is 25.1 Å². The highest BCUT2D eigenvalue weighted by molar-refractivity contribution is 6.34. The second-order valence-electron chi connectivity index (χ2n) is 4.12. The molecule has 2 aromatic rings. The maximum Gasteiger partial charge on any atom is 0.0581 e. The van der Waals surface area contributed by atoms with E-state index in [0.29, 0.717) is 15.1 Å². The van der Waals surface area contributed by atoms with Gasteiger partial charge in [0.2, 0.25) is 0 Å². The standard InChI is InChI=1S/C14H12Cl3N/c1-8-3-2-4-10(13(8)17)14(18)11-7-9(15)5-6-12(11)16/h2-7,14H,18H2,1H3. The second-order valence-corrected chi connectivity index (χ2v) is 5.34. The molecule has 0 radical (unpaired) electrons. The van der Waals surface area contributed by atoms with Crippen LogP contribution in [-0.4, -0.2) is 0 Å². The summed E-state index contributed by atoms with van der Waals surface area (Å²) in [4.78, 5) is 0. The van der Waals surface area contributed by atoms with Gasteiger partial charge in [-0.3, -0.25) is 0 Å². The maximum atomic E-state index is 6.27. The van der Waals surface area contributed by atoms with E-state index in [1.165, 1.54) is 0 Å². The Morgan fingerprint density at radius 3 is 2.44 bits per heavy atom. The van der Waals surface area contributed by atoms with Crippen LogP contribution in [0.5, 0.6) is 0 Å². The lowest BCUT2D eigenvalue weighted by atomic mass is 9.98. The van der Waals surface area contributed by atoms with Crippen molar-refractivity contribution in [2.75, 3.05) is 0 Å². The average Bonchev–Trinajstić information content (AvgIpc) is 2.35. The van der Waals surface area contributed by atoms with Gasteiger partial charge in [-0.1, -0.05) is 53.0 Å². The Labute approximate surface area is 121 Å². The SMILES string of the molecule is Cc1cccc(C(N)c2cc(Cl)ccc2Cl)c1Cl. The minimum atomic E-state index is -0.386. The molecule has 0 heterocycles. The maximum absolute atomic E-state index is 6.27. The highest BCUT2D eigenvalue weighted by Gasteiger charge is 2.16. The molecule has 0 aliphatic heterocycles. The Kier molecular flexibility index (Phi) is 4.18. The third kappa shape index (κ3) is 2.65. The molecule has 0 amide bonds. The third-order valence-electron chi connectivity index (χ3n) is 2.85. The summed E-state index contributed by atoms with van der Waals surface area (Å²) in [6, 6.07) is 10.6. The summed E-state index contributed by atoms with van der Waals surface area (Å²) in [5, 5.41) is 1.86. The molecule has 0 saturated carbocycles. The van der Waals surface area contributed by atoms with Crippen LogP contribution in [0, 0.1) is 6.92 Å². The molecule has 1 nitrogen and oxygen atoms in total. The van der Waals surface area contributed by atoms with E-state index in [4.69, 9.17) is 40.5 Å². The van der Waals surface area contributed by atoms with Gasteiger partial charge in [-0.15, -0.1) is 0 Å². The number of hydrogen-bond donors (Lipinski definition) is 1. The van der Waals surface area contributed by atoms with Crippen LogP contribution in [-0.2, 0) is 0 Å². The first-order valence-corrected chi connectivity index (χ1v) is 6.59. The summed E-state index contributed by atoms with van der Waals surface area (Å²) in [6.07, 6.45) is 0. The first-order valence-electron chi connectivity index (χ1n) is 5.46. The lowest BCUT2D eigenvalue weighted by Crippen LogP contribution is -2.13. The molecule has 0 saturated heterocycles. The number of hydrogen-bond acceptors (Lipinski definition) is 1. The van der Waals surface area contributed by atoms with Gasteiger partial charge in [-0.05, 0) is 41.8 Å². The quantitative estimate of drug-likeness (QED) is 0.829. The monoisotopic (exact) mass is 299 g/mol. The zero-order valence-corrected chi connectivity index (χ0v) is 12.0. The van der Waals surface area contributed by atoms with Crippen molar-refractivity contribution >= 4 is 34.8 Å². The minimum absolute atomic E-state index is 0.386. The summed E-state index contributed by atoms with van der Waals surface area (Å²) in [5.74, 6) is 0. The van der Waals surface area contributed by atoms with Crippen LogP contribution in [0.2, 0.25) is 15.1 Å². The van der Waals surface area contributed by atoms with E-state index >= 15 is 0 Å². The molecule has 0 fully saturated rings. The molecule has 2 aromatic carbocycles. The lowest BCUT2D eigenvalue weighted by molar-refractivity contribution is 0.870. The number of rotatable bonds is 2. The Morgan fingerprint density at radius 2 is 1.72 bits per heavy atom. The van der Waals surface area contributed by atoms with Gasteiger partial charge < -0.3 is 5.73 Å². The zero-order chi connectivity index (χ0) is 13.3. The minimum Gasteiger partial charge on any atom is -0.320 e. The van der Waals surface area contributed by atoms with E-state index < -0.39 is 0 Å². The molecule has 18 heavy (non-hydrogen) atoms. The Balaban J connectivity index is 2.51. The van der Waals surface area contributed by atoms with Crippen molar-refractivity contribution in [3.63, 3.8) is 0 Å². The van der Waals surface area contributed by atoms with Gasteiger partial charge >= 0.3 is 0 Å². The molecular formula is C14H12Cl3N. The summed E-state index contributed by atoms with van der Waals surface area (Å²) >= 11 is 18.4. The molecule has 0 aliphatic rings. The van der Waals surface area contributed by atoms with Crippen LogP contribution >= 0.6 is 34.8 Å². The largest absolute Gasteiger partial charge is 0.320 e. The second kappa shape index (κ2) is 5.50. The van der Waals surface area contributed by atoms with E-state index in [9.17, 15) is 0 Å². The molecule has 0 aromatic heterocycles. The average molecular weight is 301 g/mol. The number of halogens is 3. The number of benzene rings is 2. The summed E-state index contributed by atoms with van der Waals surface area (Å²) in [7, 11) is 0. The van der Waals surface area contributed by atoms with Gasteiger partial charge in [0.15, 0.2) is 0 Å². The van der Waals surface area contributed by atoms with Gasteiger partial charge in [0.05, 0.1) is 6.04 Å². The van der Waals surface area contributed by atoms with Gasteiger partial charge in [0.25, 0.3) is 0 Å². The Hall–Kier alpha value is -0.730. The van der Waals surface area contributed by atoms with Crippen LogP contribution in [0.15, 0.2) is 36.4 Å². The Bertz CT molecular complexity index is 579. The molecule has 1 unspecified atom stereocenters. The predicted molar refractivity (Wildman–Crippen MR) is 78.7 cm³/mol. The van der Waals surface area contributed by atoms with Gasteiger partial charge in [-0.2, -0.15) is 0 Å². The first-order chi connectivity index (χ1) is 8.50. The van der Waals surface area contributed by atoms with Crippen molar-refractivity contribution in [1.82, 2.24) is 0 Å². The van der Waals surface area contributed by atoms with Gasteiger partial charge in [-0.25, -0.2) is 0 Å². The van der Waals surface area contributed by atoms with Crippen LogP contribution in [0.25, 0.3) is 0 Å². The van der Waals surface area contributed by atoms with Crippen molar-refractivity contribution < 1.29 is 0 Å². The van der Waals surface area contributed by atoms with Gasteiger partial charge in [0.1, 0.15) is 0 Å². The van der Waals surface area contributed by atoms with Crippen LogP contribution in [0.1, 0.15) is 22.7 Å². The zero-order valence-electron chi connectivity index (χ0n) is 9.75. The smallest absolute Gasteiger partial charge is 0.0581 e. The molecule has 1 atom stereocenters. The lowest BCUT2D eigenvalue weighted by Gasteiger charge is -2.17. The third-order valence-corrected chi connectivity index (χ3v) is 3.95. The fourth-order valence-corrected chi connectivity index (χ4v) is 2.49. The highest BCUT2D eigenvalue weighted by Crippen LogP contribution is 2.33. The molecule has 94 valence electrons. The summed E-state index contributed by atoms with van der Waals surface area (Å²) in [5.41, 5.74) is 8.84. The van der Waals surface area contributed by atoms with Crippen molar-refractivity contribution in [1.29, 1.82) is 0 Å². The molecule has 0 spiro atoms. The summed E-state index contributed by atoms with van der Waals surface area (Å²) < 4.78 is 0. The van der Waals surface area contributed by atoms with E-state index in [0.717, 1.165) is 16.7 Å². The van der Waals surface area contributed by atoms with E-state index in [1.54, 1.807) is 18.2 Å². The normalized spacial score (nSPS) is 12.5. The molecule has 2 rings (SSSR count). The predicted octanol–water partition coefficient (Wildman–Crippen LogP) is 5.00. The molecular weight excluding hydrogens is 289 g/mol. The Morgan fingerprint density at radius 1 is 1.00 bits per heavy atom. The molecule has 0 aliphatic carbocycles. The van der Waals surface area contributed by atoms with Crippen molar-refractivity contribution in [2.45, 2.75) is 13.0 Å². The molecule has 0 bridgehead atoms. The fraction of sp³-hybridized carbons (Fsp3) is 0.143. The molecule has 4 heteroatoms. The topological polar surface area (TPSA) is 26.0 Å². The van der Waals surface area contributed by atoms with Crippen LogP contribution in [0.4, 0.5) is 0 Å². The van der Waals surface area contributed by atoms with E-state index in [-0.39, 0.29) is 6.04 Å². The fourth-order valence-electron chi connectivity index (χ4n) is 1.83. The summed E-state index contributed by atoms with van der Waals surface area (Å²) in [6.45, 7) is 1.94. The van der Waals surface area contributed by atoms with Crippen molar-refractivity contribution in [3.8, 4) is 0 Å². The highest BCUT2D eigenvalue weighted by atomic mass is 35.5. The van der Waals surface area contributed by atoms with Crippen molar-refractivity contribution in [2.24, 2.45) is 5.73 Å².